The van der Waals surface area contributed by atoms with E-state index in [0.29, 0.717) is 11.0 Å². The molecule has 0 saturated carbocycles. The van der Waals surface area contributed by atoms with Gasteiger partial charge in [0.25, 0.3) is 10.1 Å². The number of imidazole rings is 1. The molecule has 9 heteroatoms. The molecule has 1 aromatic carbocycles. The average molecular weight is 339 g/mol. The number of nitrogens with zero attached hydrogens (tertiary/aromatic N) is 2. The average Bonchev–Trinajstić information content (AvgIpc) is 2.74. The van der Waals surface area contributed by atoms with Crippen LogP contribution in [0.5, 0.6) is 0 Å². The Hall–Kier alpha value is -0.0900. The van der Waals surface area contributed by atoms with Gasteiger partial charge < -0.3 is 11.3 Å². The molecule has 6 nitrogen and oxygen atoms in total. The number of hydrogen-bond donors (Lipinski definition) is 2. The van der Waals surface area contributed by atoms with Crippen molar-refractivity contribution in [1.29, 1.82) is 0 Å². The monoisotopic (exact) mass is 339 g/mol. The van der Waals surface area contributed by atoms with E-state index in [0.717, 1.165) is 23.9 Å². The Kier molecular flexibility index (Phi) is 7.18. The predicted molar refractivity (Wildman–Crippen MR) is 81.7 cm³/mol. The second kappa shape index (κ2) is 7.96. The van der Waals surface area contributed by atoms with Crippen molar-refractivity contribution in [2.24, 2.45) is 0 Å². The van der Waals surface area contributed by atoms with Crippen LogP contribution in [0.3, 0.4) is 0 Å². The Morgan fingerprint density at radius 1 is 1.43 bits per heavy atom. The first-order valence-corrected chi connectivity index (χ1v) is 8.64. The molecule has 0 bridgehead atoms. The molecule has 0 aliphatic rings. The molecular formula is C12H18N3NaO3S2. The molecule has 0 unspecified atom stereocenters. The molecule has 0 fully saturated rings. The minimum Gasteiger partial charge on any atom is -1.00 e. The van der Waals surface area contributed by atoms with Gasteiger partial charge in [-0.25, -0.2) is 4.98 Å². The second-order valence-corrected chi connectivity index (χ2v) is 7.22. The number of hydrogen-bond acceptors (Lipinski definition) is 5. The van der Waals surface area contributed by atoms with Crippen LogP contribution in [0.2, 0.25) is 0 Å². The zero-order valence-corrected chi connectivity index (χ0v) is 16.0. The molecule has 1 heterocycles. The van der Waals surface area contributed by atoms with Crippen molar-refractivity contribution >= 4 is 32.9 Å². The van der Waals surface area contributed by atoms with Gasteiger partial charge in [0.1, 0.15) is 5.82 Å². The molecule has 0 radical (unpaired) electrons. The third kappa shape index (κ3) is 5.55. The molecule has 21 heavy (non-hydrogen) atoms. The number of thioether (sulfide) groups is 1. The summed E-state index contributed by atoms with van der Waals surface area (Å²) >= 11 is 1.76. The predicted octanol–water partition coefficient (Wildman–Crippen LogP) is -1.28. The maximum Gasteiger partial charge on any atom is 1.00 e. The minimum atomic E-state index is -4.17. The summed E-state index contributed by atoms with van der Waals surface area (Å²) in [4.78, 5) is 9.45. The SMILES string of the molecule is CN(C)CCSCc1nc2ccc(S(=O)(=O)O)cc2[nH]1.[H-].[Na+]. The first kappa shape index (κ1) is 19.0. The van der Waals surface area contributed by atoms with Gasteiger partial charge in [-0.15, -0.1) is 0 Å². The fourth-order valence-electron chi connectivity index (χ4n) is 1.69. The Morgan fingerprint density at radius 3 is 2.76 bits per heavy atom. The first-order chi connectivity index (χ1) is 9.36. The molecular weight excluding hydrogens is 321 g/mol. The van der Waals surface area contributed by atoms with Crippen molar-refractivity contribution in [2.75, 3.05) is 26.4 Å². The van der Waals surface area contributed by atoms with Gasteiger partial charge in [-0.2, -0.15) is 20.2 Å². The number of aromatic amines is 1. The van der Waals surface area contributed by atoms with E-state index in [4.69, 9.17) is 4.55 Å². The summed E-state index contributed by atoms with van der Waals surface area (Å²) in [5.74, 6) is 2.54. The summed E-state index contributed by atoms with van der Waals surface area (Å²) in [6.45, 7) is 0.998. The Balaban J connectivity index is 0.00000220. The second-order valence-electron chi connectivity index (χ2n) is 4.69. The van der Waals surface area contributed by atoms with Crippen LogP contribution in [0.1, 0.15) is 7.25 Å². The smallest absolute Gasteiger partial charge is 1.00 e. The molecule has 1 aromatic heterocycles. The normalized spacial score (nSPS) is 11.8. The van der Waals surface area contributed by atoms with Crippen LogP contribution in [-0.2, 0) is 15.9 Å². The topological polar surface area (TPSA) is 86.3 Å². The van der Waals surface area contributed by atoms with Gasteiger partial charge in [-0.05, 0) is 32.3 Å². The van der Waals surface area contributed by atoms with E-state index in [9.17, 15) is 8.42 Å². The molecule has 0 saturated heterocycles. The van der Waals surface area contributed by atoms with Gasteiger partial charge in [0.05, 0.1) is 21.7 Å². The summed E-state index contributed by atoms with van der Waals surface area (Å²) in [5.41, 5.74) is 1.31. The number of fused-ring (bicyclic) bond motifs is 1. The van der Waals surface area contributed by atoms with Crippen LogP contribution in [0, 0.1) is 0 Å². The van der Waals surface area contributed by atoms with Crippen molar-refractivity contribution < 1.29 is 44.0 Å². The van der Waals surface area contributed by atoms with Crippen molar-refractivity contribution in [3.8, 4) is 0 Å². The third-order valence-electron chi connectivity index (χ3n) is 2.72. The van der Waals surface area contributed by atoms with Crippen molar-refractivity contribution in [3.63, 3.8) is 0 Å². The summed E-state index contributed by atoms with van der Waals surface area (Å²) in [7, 11) is -0.121. The number of benzene rings is 1. The molecule has 0 atom stereocenters. The van der Waals surface area contributed by atoms with Crippen molar-refractivity contribution in [3.05, 3.63) is 24.0 Å². The van der Waals surface area contributed by atoms with E-state index < -0.39 is 10.1 Å². The summed E-state index contributed by atoms with van der Waals surface area (Å²) in [5, 5.41) is 0. The molecule has 0 aliphatic heterocycles. The number of nitrogens with one attached hydrogen (secondary N) is 1. The summed E-state index contributed by atoms with van der Waals surface area (Å²) in [6.07, 6.45) is 0. The van der Waals surface area contributed by atoms with Crippen LogP contribution in [0.4, 0.5) is 0 Å². The maximum atomic E-state index is 11.1. The molecule has 112 valence electrons. The van der Waals surface area contributed by atoms with Gasteiger partial charge >= 0.3 is 29.6 Å². The number of aromatic nitrogens is 2. The molecule has 2 N–H and O–H groups in total. The van der Waals surface area contributed by atoms with Crippen LogP contribution in [-0.4, -0.2) is 54.2 Å². The standard InChI is InChI=1S/C12H17N3O3S2.Na.H/c1-15(2)5-6-19-8-12-13-10-4-3-9(20(16,17)18)7-11(10)14-12;;/h3-4,7H,5-6,8H2,1-2H3,(H,13,14)(H,16,17,18);;/q;+1;-1. The summed E-state index contributed by atoms with van der Waals surface area (Å²) in [6, 6.07) is 4.33. The van der Waals surface area contributed by atoms with Gasteiger partial charge in [0, 0.05) is 12.3 Å². The van der Waals surface area contributed by atoms with Gasteiger partial charge in [-0.1, -0.05) is 0 Å². The van der Waals surface area contributed by atoms with Gasteiger partial charge in [0.2, 0.25) is 0 Å². The third-order valence-corrected chi connectivity index (χ3v) is 4.52. The first-order valence-electron chi connectivity index (χ1n) is 6.05. The van der Waals surface area contributed by atoms with Crippen molar-refractivity contribution in [1.82, 2.24) is 14.9 Å². The van der Waals surface area contributed by atoms with E-state index in [1.165, 1.54) is 12.1 Å². The van der Waals surface area contributed by atoms with Crippen LogP contribution < -0.4 is 29.6 Å². The number of H-pyrrole nitrogens is 1. The van der Waals surface area contributed by atoms with Crippen LogP contribution in [0.15, 0.2) is 23.1 Å². The number of rotatable bonds is 6. The molecule has 0 aliphatic carbocycles. The van der Waals surface area contributed by atoms with E-state index in [1.54, 1.807) is 17.8 Å². The fraction of sp³-hybridized carbons (Fsp3) is 0.417. The minimum absolute atomic E-state index is 0. The van der Waals surface area contributed by atoms with Crippen LogP contribution >= 0.6 is 11.8 Å². The Labute approximate surface area is 152 Å². The Bertz CT molecular complexity index is 707. The largest absolute Gasteiger partial charge is 1.00 e. The van der Waals surface area contributed by atoms with E-state index in [1.807, 2.05) is 14.1 Å². The van der Waals surface area contributed by atoms with Gasteiger partial charge in [0.15, 0.2) is 0 Å². The molecule has 0 amide bonds. The van der Waals surface area contributed by atoms with E-state index in [-0.39, 0.29) is 35.9 Å². The summed E-state index contributed by atoms with van der Waals surface area (Å²) < 4.78 is 31.2. The van der Waals surface area contributed by atoms with E-state index in [2.05, 4.69) is 14.9 Å². The quantitative estimate of drug-likeness (QED) is 0.387. The molecule has 2 rings (SSSR count). The van der Waals surface area contributed by atoms with Crippen LogP contribution in [0.25, 0.3) is 11.0 Å². The zero-order valence-electron chi connectivity index (χ0n) is 13.3. The zero-order chi connectivity index (χ0) is 14.8. The fourth-order valence-corrected chi connectivity index (χ4v) is 3.16. The molecule has 2 aromatic rings. The maximum absolute atomic E-state index is 11.1. The Morgan fingerprint density at radius 2 is 2.14 bits per heavy atom. The van der Waals surface area contributed by atoms with Gasteiger partial charge in [-0.3, -0.25) is 4.55 Å². The van der Waals surface area contributed by atoms with E-state index >= 15 is 0 Å². The van der Waals surface area contributed by atoms with Crippen molar-refractivity contribution in [2.45, 2.75) is 10.6 Å². The molecule has 0 spiro atoms.